The molecule has 164 valence electrons. The van der Waals surface area contributed by atoms with Gasteiger partial charge in [-0.2, -0.15) is 0 Å². The number of nitrogens with one attached hydrogen (secondary N) is 1. The summed E-state index contributed by atoms with van der Waals surface area (Å²) < 4.78 is 5.48. The number of amides is 1. The summed E-state index contributed by atoms with van der Waals surface area (Å²) >= 11 is 0. The van der Waals surface area contributed by atoms with Crippen molar-refractivity contribution in [3.8, 4) is 5.75 Å². The number of aromatic nitrogens is 2. The molecule has 6 nitrogen and oxygen atoms in total. The van der Waals surface area contributed by atoms with E-state index >= 15 is 0 Å². The summed E-state index contributed by atoms with van der Waals surface area (Å²) in [6.07, 6.45) is 7.78. The molecule has 32 heavy (non-hydrogen) atoms. The molecule has 2 bridgehead atoms. The van der Waals surface area contributed by atoms with Crippen LogP contribution in [0, 0.1) is 11.8 Å². The van der Waals surface area contributed by atoms with Gasteiger partial charge in [0.05, 0.1) is 18.7 Å². The van der Waals surface area contributed by atoms with Crippen molar-refractivity contribution in [1.29, 1.82) is 0 Å². The van der Waals surface area contributed by atoms with E-state index in [-0.39, 0.29) is 18.0 Å². The van der Waals surface area contributed by atoms with E-state index in [2.05, 4.69) is 32.8 Å². The van der Waals surface area contributed by atoms with Gasteiger partial charge in [0.1, 0.15) is 11.4 Å². The molecule has 3 saturated heterocycles. The van der Waals surface area contributed by atoms with Crippen molar-refractivity contribution < 1.29 is 9.53 Å². The minimum absolute atomic E-state index is 0.161. The van der Waals surface area contributed by atoms with Gasteiger partial charge in [-0.1, -0.05) is 12.1 Å². The minimum Gasteiger partial charge on any atom is -0.497 e. The molecule has 4 unspecified atom stereocenters. The molecule has 0 aliphatic carbocycles. The minimum atomic E-state index is -0.185. The van der Waals surface area contributed by atoms with E-state index in [1.165, 1.54) is 6.42 Å². The SMILES string of the molecule is C=CC1CN2CCC1CC2[C@@H](NC(=O)c1ccccn1)c1ccnc2ccc(OC)cc12. The number of pyridine rings is 2. The summed E-state index contributed by atoms with van der Waals surface area (Å²) in [7, 11) is 1.67. The Morgan fingerprint density at radius 2 is 2.16 bits per heavy atom. The lowest BCUT2D eigenvalue weighted by molar-refractivity contribution is 0.00167. The van der Waals surface area contributed by atoms with E-state index in [9.17, 15) is 4.79 Å². The van der Waals surface area contributed by atoms with Crippen LogP contribution in [-0.4, -0.2) is 47.0 Å². The van der Waals surface area contributed by atoms with E-state index in [0.29, 0.717) is 17.5 Å². The molecular weight excluding hydrogens is 400 g/mol. The number of hydrogen-bond acceptors (Lipinski definition) is 5. The van der Waals surface area contributed by atoms with Gasteiger partial charge in [-0.25, -0.2) is 0 Å². The first-order valence-electron chi connectivity index (χ1n) is 11.2. The van der Waals surface area contributed by atoms with Crippen molar-refractivity contribution >= 4 is 16.8 Å². The first kappa shape index (κ1) is 20.6. The molecule has 3 fully saturated rings. The highest BCUT2D eigenvalue weighted by atomic mass is 16.5. The van der Waals surface area contributed by atoms with E-state index in [1.54, 1.807) is 19.4 Å². The third-order valence-electron chi connectivity index (χ3n) is 7.04. The third-order valence-corrected chi connectivity index (χ3v) is 7.04. The fraction of sp³-hybridized carbons (Fsp3) is 0.346. The average Bonchev–Trinajstić information content (AvgIpc) is 2.87. The summed E-state index contributed by atoms with van der Waals surface area (Å²) in [6.45, 7) is 6.08. The van der Waals surface area contributed by atoms with Crippen LogP contribution in [0.3, 0.4) is 0 Å². The lowest BCUT2D eigenvalue weighted by Gasteiger charge is -2.51. The van der Waals surface area contributed by atoms with Crippen LogP contribution in [0.4, 0.5) is 0 Å². The number of piperidine rings is 3. The Morgan fingerprint density at radius 1 is 1.25 bits per heavy atom. The van der Waals surface area contributed by atoms with Crippen LogP contribution in [-0.2, 0) is 0 Å². The predicted octanol–water partition coefficient (Wildman–Crippen LogP) is 4.01. The Hall–Kier alpha value is -3.25. The van der Waals surface area contributed by atoms with Gasteiger partial charge in [0, 0.05) is 30.4 Å². The number of benzene rings is 1. The summed E-state index contributed by atoms with van der Waals surface area (Å²) in [4.78, 5) is 24.5. The molecule has 2 aromatic heterocycles. The average molecular weight is 429 g/mol. The van der Waals surface area contributed by atoms with Gasteiger partial charge in [0.2, 0.25) is 0 Å². The fourth-order valence-electron chi connectivity index (χ4n) is 5.36. The number of rotatable bonds is 6. The number of ether oxygens (including phenoxy) is 1. The second-order valence-electron chi connectivity index (χ2n) is 8.70. The highest BCUT2D eigenvalue weighted by Crippen LogP contribution is 2.42. The molecule has 0 saturated carbocycles. The van der Waals surface area contributed by atoms with Gasteiger partial charge in [0.15, 0.2) is 0 Å². The van der Waals surface area contributed by atoms with E-state index < -0.39 is 0 Å². The van der Waals surface area contributed by atoms with Crippen LogP contribution in [0.15, 0.2) is 67.5 Å². The van der Waals surface area contributed by atoms with Gasteiger partial charge in [-0.05, 0) is 73.2 Å². The van der Waals surface area contributed by atoms with Crippen molar-refractivity contribution in [2.75, 3.05) is 20.2 Å². The molecule has 5 atom stereocenters. The van der Waals surface area contributed by atoms with Crippen LogP contribution >= 0.6 is 0 Å². The lowest BCUT2D eigenvalue weighted by atomic mass is 9.73. The molecule has 6 rings (SSSR count). The Balaban J connectivity index is 1.57. The molecule has 1 N–H and O–H groups in total. The van der Waals surface area contributed by atoms with Gasteiger partial charge in [0.25, 0.3) is 5.91 Å². The Labute approximate surface area is 188 Å². The Morgan fingerprint density at radius 3 is 2.88 bits per heavy atom. The molecule has 5 heterocycles. The number of hydrogen-bond donors (Lipinski definition) is 1. The van der Waals surface area contributed by atoms with Gasteiger partial charge < -0.3 is 10.1 Å². The largest absolute Gasteiger partial charge is 0.497 e. The van der Waals surface area contributed by atoms with Crippen molar-refractivity contribution in [2.45, 2.75) is 24.9 Å². The van der Waals surface area contributed by atoms with E-state index in [1.807, 2.05) is 42.6 Å². The Kier molecular flexibility index (Phi) is 5.62. The summed E-state index contributed by atoms with van der Waals surface area (Å²) in [5.74, 6) is 1.73. The maximum Gasteiger partial charge on any atom is 0.270 e. The second-order valence-corrected chi connectivity index (χ2v) is 8.70. The van der Waals surface area contributed by atoms with Crippen molar-refractivity contribution in [3.63, 3.8) is 0 Å². The molecule has 6 heteroatoms. The molecule has 1 aromatic carbocycles. The number of methoxy groups -OCH3 is 1. The molecule has 3 aliphatic rings. The van der Waals surface area contributed by atoms with Crippen LogP contribution < -0.4 is 10.1 Å². The number of fused-ring (bicyclic) bond motifs is 4. The Bertz CT molecular complexity index is 1130. The zero-order valence-electron chi connectivity index (χ0n) is 18.3. The number of nitrogens with zero attached hydrogens (tertiary/aromatic N) is 3. The van der Waals surface area contributed by atoms with Crippen LogP contribution in [0.25, 0.3) is 10.9 Å². The van der Waals surface area contributed by atoms with Crippen molar-refractivity contribution in [1.82, 2.24) is 20.2 Å². The molecule has 1 amide bonds. The van der Waals surface area contributed by atoms with Crippen LogP contribution in [0.1, 0.15) is 34.9 Å². The monoisotopic (exact) mass is 428 g/mol. The zero-order valence-corrected chi connectivity index (χ0v) is 18.3. The van der Waals surface area contributed by atoms with Gasteiger partial charge >= 0.3 is 0 Å². The van der Waals surface area contributed by atoms with Crippen molar-refractivity contribution in [3.05, 3.63) is 78.8 Å². The third kappa shape index (κ3) is 3.75. The highest BCUT2D eigenvalue weighted by molar-refractivity contribution is 5.93. The number of carbonyl (C=O) groups excluding carboxylic acids is 1. The van der Waals surface area contributed by atoms with E-state index in [4.69, 9.17) is 4.74 Å². The predicted molar refractivity (Wildman–Crippen MR) is 125 cm³/mol. The fourth-order valence-corrected chi connectivity index (χ4v) is 5.36. The molecule has 0 spiro atoms. The highest BCUT2D eigenvalue weighted by Gasteiger charge is 2.43. The number of carbonyl (C=O) groups is 1. The summed E-state index contributed by atoms with van der Waals surface area (Å²) in [5, 5.41) is 4.33. The molecular formula is C26H28N4O2. The normalized spacial score (nSPS) is 25.3. The first-order chi connectivity index (χ1) is 15.7. The quantitative estimate of drug-likeness (QED) is 0.601. The second kappa shape index (κ2) is 8.71. The first-order valence-corrected chi connectivity index (χ1v) is 11.2. The van der Waals surface area contributed by atoms with Gasteiger partial charge in [-0.15, -0.1) is 6.58 Å². The van der Waals surface area contributed by atoms with E-state index in [0.717, 1.165) is 41.7 Å². The summed E-state index contributed by atoms with van der Waals surface area (Å²) in [6, 6.07) is 13.4. The maximum atomic E-state index is 13.2. The lowest BCUT2D eigenvalue weighted by Crippen LogP contribution is -2.57. The molecule has 3 aromatic rings. The zero-order chi connectivity index (χ0) is 22.1. The smallest absolute Gasteiger partial charge is 0.270 e. The molecule has 3 aliphatic heterocycles. The summed E-state index contributed by atoms with van der Waals surface area (Å²) in [5.41, 5.74) is 2.37. The topological polar surface area (TPSA) is 67.4 Å². The standard InChI is InChI=1S/C26H28N4O2/c1-3-17-16-30-13-10-18(17)14-24(30)25(29-26(31)23-6-4-5-11-27-23)20-9-12-28-22-8-7-19(32-2)15-21(20)22/h3-9,11-12,15,17-18,24-25H,1,10,13-14,16H2,2H3,(H,29,31)/t17?,18?,24?,25-/m0/s1. The molecule has 0 radical (unpaired) electrons. The van der Waals surface area contributed by atoms with Crippen molar-refractivity contribution in [2.24, 2.45) is 11.8 Å². The van der Waals surface area contributed by atoms with Crippen LogP contribution in [0.5, 0.6) is 5.75 Å². The van der Waals surface area contributed by atoms with Gasteiger partial charge in [-0.3, -0.25) is 19.7 Å². The van der Waals surface area contributed by atoms with Crippen LogP contribution in [0.2, 0.25) is 0 Å². The maximum absolute atomic E-state index is 13.2.